The minimum atomic E-state index is -0.576. The number of hydrazone groups is 1. The van der Waals surface area contributed by atoms with Gasteiger partial charge in [0.25, 0.3) is 5.91 Å². The number of carbonyl (C=O) groups excluding carboxylic acids is 2. The van der Waals surface area contributed by atoms with E-state index >= 15 is 0 Å². The summed E-state index contributed by atoms with van der Waals surface area (Å²) in [4.78, 5) is 24.4. The first-order valence-corrected chi connectivity index (χ1v) is 9.01. The Kier molecular flexibility index (Phi) is 5.93. The van der Waals surface area contributed by atoms with E-state index in [4.69, 9.17) is 16.0 Å². The molecule has 0 fully saturated rings. The highest BCUT2D eigenvalue weighted by molar-refractivity contribution is 6.30. The van der Waals surface area contributed by atoms with E-state index in [0.29, 0.717) is 17.2 Å². The van der Waals surface area contributed by atoms with Gasteiger partial charge in [-0.15, -0.1) is 0 Å². The molecule has 0 unspecified atom stereocenters. The second-order valence-corrected chi connectivity index (χ2v) is 6.68. The zero-order valence-corrected chi connectivity index (χ0v) is 15.9. The van der Waals surface area contributed by atoms with Crippen LogP contribution in [-0.4, -0.2) is 42.2 Å². The summed E-state index contributed by atoms with van der Waals surface area (Å²) in [7, 11) is 1.55. The fraction of sp³-hybridized carbons (Fsp3) is 0.316. The number of nitrogens with zero attached hydrogens (tertiary/aromatic N) is 2. The van der Waals surface area contributed by atoms with Gasteiger partial charge in [-0.05, 0) is 36.8 Å². The number of rotatable bonds is 6. The van der Waals surface area contributed by atoms with E-state index in [0.717, 1.165) is 11.3 Å². The molecule has 142 valence electrons. The molecule has 1 aliphatic rings. The number of nitrogens with one attached hydrogen (secondary N) is 2. The lowest BCUT2D eigenvalue weighted by molar-refractivity contribution is -0.135. The molecule has 0 aliphatic carbocycles. The summed E-state index contributed by atoms with van der Waals surface area (Å²) in [6.07, 6.45) is 2.11. The van der Waals surface area contributed by atoms with Crippen LogP contribution >= 0.6 is 11.6 Å². The van der Waals surface area contributed by atoms with Crippen LogP contribution in [0.3, 0.4) is 0 Å². The SMILES string of the molecule is CNC(=O)CN[C@@H](C)C(=O)N1N=C(c2ccc(Cl)cc2)C[C@@H]1c1ccco1. The Morgan fingerprint density at radius 3 is 2.70 bits per heavy atom. The van der Waals surface area contributed by atoms with Gasteiger partial charge in [0, 0.05) is 18.5 Å². The smallest absolute Gasteiger partial charge is 0.260 e. The number of halogens is 1. The third kappa shape index (κ3) is 4.37. The maximum atomic E-state index is 12.9. The minimum Gasteiger partial charge on any atom is -0.467 e. The largest absolute Gasteiger partial charge is 0.467 e. The number of amides is 2. The maximum Gasteiger partial charge on any atom is 0.260 e. The van der Waals surface area contributed by atoms with Gasteiger partial charge in [0.2, 0.25) is 5.91 Å². The second-order valence-electron chi connectivity index (χ2n) is 6.25. The van der Waals surface area contributed by atoms with Gasteiger partial charge in [0.05, 0.1) is 24.6 Å². The van der Waals surface area contributed by atoms with Crippen LogP contribution in [0.5, 0.6) is 0 Å². The van der Waals surface area contributed by atoms with Gasteiger partial charge in [0.1, 0.15) is 11.8 Å². The van der Waals surface area contributed by atoms with Crippen molar-refractivity contribution in [3.05, 3.63) is 59.0 Å². The van der Waals surface area contributed by atoms with Crippen molar-refractivity contribution in [2.45, 2.75) is 25.4 Å². The summed E-state index contributed by atoms with van der Waals surface area (Å²) in [6, 6.07) is 10.0. The zero-order valence-electron chi connectivity index (χ0n) is 15.1. The monoisotopic (exact) mass is 388 g/mol. The van der Waals surface area contributed by atoms with E-state index in [1.54, 1.807) is 38.4 Å². The summed E-state index contributed by atoms with van der Waals surface area (Å²) in [5, 5.41) is 12.1. The number of hydrogen-bond acceptors (Lipinski definition) is 5. The zero-order chi connectivity index (χ0) is 19.4. The Balaban J connectivity index is 1.82. The summed E-state index contributed by atoms with van der Waals surface area (Å²) >= 11 is 5.96. The van der Waals surface area contributed by atoms with Crippen molar-refractivity contribution in [1.29, 1.82) is 0 Å². The summed E-state index contributed by atoms with van der Waals surface area (Å²) in [5.41, 5.74) is 1.68. The molecule has 3 rings (SSSR count). The van der Waals surface area contributed by atoms with Gasteiger partial charge in [-0.2, -0.15) is 5.10 Å². The predicted molar refractivity (Wildman–Crippen MR) is 102 cm³/mol. The molecule has 2 atom stereocenters. The fourth-order valence-electron chi connectivity index (χ4n) is 2.85. The lowest BCUT2D eigenvalue weighted by atomic mass is 10.0. The Labute approximate surface area is 162 Å². The second kappa shape index (κ2) is 8.37. The lowest BCUT2D eigenvalue weighted by Gasteiger charge is -2.23. The van der Waals surface area contributed by atoms with Crippen molar-refractivity contribution < 1.29 is 14.0 Å². The van der Waals surface area contributed by atoms with Gasteiger partial charge in [-0.25, -0.2) is 5.01 Å². The maximum absolute atomic E-state index is 12.9. The van der Waals surface area contributed by atoms with E-state index < -0.39 is 6.04 Å². The van der Waals surface area contributed by atoms with Gasteiger partial charge >= 0.3 is 0 Å². The van der Waals surface area contributed by atoms with Crippen LogP contribution < -0.4 is 10.6 Å². The summed E-state index contributed by atoms with van der Waals surface area (Å²) < 4.78 is 5.52. The van der Waals surface area contributed by atoms with E-state index in [1.165, 1.54) is 5.01 Å². The van der Waals surface area contributed by atoms with Crippen LogP contribution in [0, 0.1) is 0 Å². The molecule has 8 heteroatoms. The van der Waals surface area contributed by atoms with Crippen LogP contribution in [0.2, 0.25) is 5.02 Å². The molecule has 0 saturated carbocycles. The molecule has 2 N–H and O–H groups in total. The van der Waals surface area contributed by atoms with Crippen molar-refractivity contribution in [2.75, 3.05) is 13.6 Å². The average Bonchev–Trinajstić information content (AvgIpc) is 3.35. The molecular formula is C19H21ClN4O3. The van der Waals surface area contributed by atoms with Crippen LogP contribution in [0.15, 0.2) is 52.2 Å². The fourth-order valence-corrected chi connectivity index (χ4v) is 2.98. The molecule has 7 nitrogen and oxygen atoms in total. The van der Waals surface area contributed by atoms with Crippen molar-refractivity contribution in [3.8, 4) is 0 Å². The molecule has 2 aromatic rings. The standard InChI is InChI=1S/C19H21ClN4O3/c1-12(22-11-18(25)21-2)19(26)24-16(17-4-3-9-27-17)10-15(23-24)13-5-7-14(20)8-6-13/h3-9,12,16,22H,10-11H2,1-2H3,(H,21,25)/t12-,16+/m0/s1. The summed E-state index contributed by atoms with van der Waals surface area (Å²) in [5.74, 6) is 0.239. The normalized spacial score (nSPS) is 17.5. The molecule has 0 spiro atoms. The molecule has 1 aromatic carbocycles. The molecule has 0 saturated heterocycles. The molecule has 2 heterocycles. The molecule has 0 radical (unpaired) electrons. The number of carbonyl (C=O) groups is 2. The van der Waals surface area contributed by atoms with Crippen LogP contribution in [-0.2, 0) is 9.59 Å². The van der Waals surface area contributed by atoms with Crippen LogP contribution in [0.25, 0.3) is 0 Å². The minimum absolute atomic E-state index is 0.0520. The molecule has 27 heavy (non-hydrogen) atoms. The Hall–Kier alpha value is -2.64. The van der Waals surface area contributed by atoms with E-state index in [1.807, 2.05) is 18.2 Å². The van der Waals surface area contributed by atoms with Crippen molar-refractivity contribution >= 4 is 29.1 Å². The highest BCUT2D eigenvalue weighted by Gasteiger charge is 2.36. The van der Waals surface area contributed by atoms with Gasteiger partial charge in [-0.1, -0.05) is 23.7 Å². The molecular weight excluding hydrogens is 368 g/mol. The first-order valence-electron chi connectivity index (χ1n) is 8.63. The first kappa shape index (κ1) is 19.1. The van der Waals surface area contributed by atoms with Gasteiger partial charge in [-0.3, -0.25) is 14.9 Å². The molecule has 1 aromatic heterocycles. The van der Waals surface area contributed by atoms with E-state index in [9.17, 15) is 9.59 Å². The number of furan rings is 1. The highest BCUT2D eigenvalue weighted by atomic mass is 35.5. The highest BCUT2D eigenvalue weighted by Crippen LogP contribution is 2.33. The predicted octanol–water partition coefficient (Wildman–Crippen LogP) is 2.33. The number of hydrogen-bond donors (Lipinski definition) is 2. The number of likely N-dealkylation sites (N-methyl/N-ethyl adjacent to an activating group) is 1. The lowest BCUT2D eigenvalue weighted by Crippen LogP contribution is -2.45. The van der Waals surface area contributed by atoms with E-state index in [2.05, 4.69) is 15.7 Å². The average molecular weight is 389 g/mol. The Morgan fingerprint density at radius 1 is 1.33 bits per heavy atom. The molecule has 1 aliphatic heterocycles. The Morgan fingerprint density at radius 2 is 2.07 bits per heavy atom. The van der Waals surface area contributed by atoms with Crippen molar-refractivity contribution in [3.63, 3.8) is 0 Å². The van der Waals surface area contributed by atoms with Crippen molar-refractivity contribution in [1.82, 2.24) is 15.6 Å². The first-order chi connectivity index (χ1) is 13.0. The van der Waals surface area contributed by atoms with Crippen molar-refractivity contribution in [2.24, 2.45) is 5.10 Å². The molecule has 0 bridgehead atoms. The molecule has 2 amide bonds. The third-order valence-corrected chi connectivity index (χ3v) is 4.66. The topological polar surface area (TPSA) is 86.9 Å². The number of benzene rings is 1. The van der Waals surface area contributed by atoms with Gasteiger partial charge in [0.15, 0.2) is 0 Å². The summed E-state index contributed by atoms with van der Waals surface area (Å²) in [6.45, 7) is 1.76. The van der Waals surface area contributed by atoms with Crippen LogP contribution in [0.4, 0.5) is 0 Å². The third-order valence-electron chi connectivity index (χ3n) is 4.40. The van der Waals surface area contributed by atoms with Crippen LogP contribution in [0.1, 0.15) is 30.7 Å². The van der Waals surface area contributed by atoms with E-state index in [-0.39, 0.29) is 24.4 Å². The Bertz CT molecular complexity index is 833. The van der Waals surface area contributed by atoms with Gasteiger partial charge < -0.3 is 9.73 Å². The quantitative estimate of drug-likeness (QED) is 0.795.